The number of amides is 1. The van der Waals surface area contributed by atoms with Crippen molar-refractivity contribution in [3.8, 4) is 5.88 Å². The quantitative estimate of drug-likeness (QED) is 0.226. The van der Waals surface area contributed by atoms with E-state index in [-0.39, 0.29) is 25.3 Å². The van der Waals surface area contributed by atoms with E-state index in [1.807, 2.05) is 36.4 Å². The fourth-order valence-corrected chi connectivity index (χ4v) is 4.10. The molecule has 0 radical (unpaired) electrons. The van der Waals surface area contributed by atoms with Gasteiger partial charge in [0.25, 0.3) is 5.91 Å². The fourth-order valence-electron chi connectivity index (χ4n) is 4.10. The number of halogens is 4. The summed E-state index contributed by atoms with van der Waals surface area (Å²) >= 11 is 0. The first kappa shape index (κ1) is 28.4. The number of pyridine rings is 1. The summed E-state index contributed by atoms with van der Waals surface area (Å²) in [6.07, 6.45) is 1.42. The second-order valence-electron chi connectivity index (χ2n) is 8.51. The fraction of sp³-hybridized carbons (Fsp3) is 0.241. The zero-order valence-electron chi connectivity index (χ0n) is 21.3. The topological polar surface area (TPSA) is 45.7 Å². The minimum atomic E-state index is -4.00. The third-order valence-corrected chi connectivity index (χ3v) is 5.67. The Morgan fingerprint density at radius 1 is 1.00 bits per heavy atom. The van der Waals surface area contributed by atoms with Crippen molar-refractivity contribution in [1.29, 1.82) is 0 Å². The third-order valence-electron chi connectivity index (χ3n) is 5.67. The number of nitrogens with zero attached hydrogens (tertiary/aromatic N) is 3. The molecule has 0 aliphatic carbocycles. The van der Waals surface area contributed by atoms with Crippen LogP contribution < -0.4 is 14.5 Å². The van der Waals surface area contributed by atoms with E-state index < -0.39 is 6.18 Å². The van der Waals surface area contributed by atoms with Crippen molar-refractivity contribution in [2.24, 2.45) is 0 Å². The number of para-hydroxylation sites is 1. The lowest BCUT2D eigenvalue weighted by molar-refractivity contribution is -0.110. The zero-order chi connectivity index (χ0) is 27.9. The smallest absolute Gasteiger partial charge is 0.386 e. The third kappa shape index (κ3) is 7.00. The SMILES string of the molecule is C=CCCc1cc(F)ccc1N1CN(c2ccc(OC)nc2CC=C)C(=O)c2ccccc21.CC(F)(F)F. The van der Waals surface area contributed by atoms with Crippen molar-refractivity contribution >= 4 is 23.0 Å². The molecule has 0 unspecified atom stereocenters. The van der Waals surface area contributed by atoms with Crippen LogP contribution >= 0.6 is 0 Å². The van der Waals surface area contributed by atoms with Crippen LogP contribution in [0.2, 0.25) is 0 Å². The molecule has 0 spiro atoms. The maximum atomic E-state index is 14.1. The molecule has 0 saturated carbocycles. The summed E-state index contributed by atoms with van der Waals surface area (Å²) in [5.41, 5.74) is 4.46. The van der Waals surface area contributed by atoms with E-state index in [1.54, 1.807) is 36.3 Å². The van der Waals surface area contributed by atoms with Gasteiger partial charge in [0, 0.05) is 25.1 Å². The number of hydrogen-bond donors (Lipinski definition) is 0. The average Bonchev–Trinajstić information content (AvgIpc) is 2.88. The van der Waals surface area contributed by atoms with Crippen LogP contribution in [0.5, 0.6) is 5.88 Å². The van der Waals surface area contributed by atoms with Crippen LogP contribution in [0.25, 0.3) is 0 Å². The van der Waals surface area contributed by atoms with Crippen molar-refractivity contribution in [2.45, 2.75) is 32.4 Å². The molecule has 0 N–H and O–H groups in total. The van der Waals surface area contributed by atoms with E-state index >= 15 is 0 Å². The number of fused-ring (bicyclic) bond motifs is 1. The molecule has 2 heterocycles. The van der Waals surface area contributed by atoms with Gasteiger partial charge in [0.05, 0.1) is 29.7 Å². The Kier molecular flexibility index (Phi) is 9.28. The van der Waals surface area contributed by atoms with Crippen LogP contribution in [-0.4, -0.2) is 30.8 Å². The number of ether oxygens (including phenoxy) is 1. The number of alkyl halides is 3. The predicted molar refractivity (Wildman–Crippen MR) is 142 cm³/mol. The van der Waals surface area contributed by atoms with Gasteiger partial charge in [-0.25, -0.2) is 9.37 Å². The maximum Gasteiger partial charge on any atom is 0.386 e. The number of anilines is 3. The van der Waals surface area contributed by atoms with Crippen molar-refractivity contribution in [1.82, 2.24) is 4.98 Å². The van der Waals surface area contributed by atoms with Crippen molar-refractivity contribution < 1.29 is 27.1 Å². The molecule has 5 nitrogen and oxygen atoms in total. The average molecular weight is 528 g/mol. The Bertz CT molecular complexity index is 1300. The van der Waals surface area contributed by atoms with E-state index in [0.717, 1.165) is 23.4 Å². The van der Waals surface area contributed by atoms with Crippen LogP contribution in [0, 0.1) is 5.82 Å². The van der Waals surface area contributed by atoms with Gasteiger partial charge in [-0.2, -0.15) is 13.2 Å². The van der Waals surface area contributed by atoms with E-state index in [1.165, 1.54) is 6.07 Å². The van der Waals surface area contributed by atoms with E-state index in [0.29, 0.717) is 35.7 Å². The van der Waals surface area contributed by atoms with Crippen LogP contribution in [0.3, 0.4) is 0 Å². The molecule has 1 aromatic heterocycles. The highest BCUT2D eigenvalue weighted by atomic mass is 19.4. The van der Waals surface area contributed by atoms with Crippen molar-refractivity contribution in [3.63, 3.8) is 0 Å². The van der Waals surface area contributed by atoms with Gasteiger partial charge in [0.2, 0.25) is 5.88 Å². The summed E-state index contributed by atoms with van der Waals surface area (Å²) in [6, 6.07) is 15.9. The van der Waals surface area contributed by atoms with Gasteiger partial charge in [0.1, 0.15) is 12.5 Å². The van der Waals surface area contributed by atoms with Gasteiger partial charge < -0.3 is 9.64 Å². The van der Waals surface area contributed by atoms with Crippen LogP contribution in [0.15, 0.2) is 79.9 Å². The first-order valence-electron chi connectivity index (χ1n) is 11.9. The number of carbonyl (C=O) groups excluding carboxylic acids is 1. The summed E-state index contributed by atoms with van der Waals surface area (Å²) in [6.45, 7) is 8.07. The Morgan fingerprint density at radius 3 is 2.34 bits per heavy atom. The Balaban J connectivity index is 0.000000732. The minimum Gasteiger partial charge on any atom is -0.481 e. The maximum absolute atomic E-state index is 14.1. The molecule has 4 rings (SSSR count). The molecule has 38 heavy (non-hydrogen) atoms. The number of aryl methyl sites for hydroxylation is 1. The number of carbonyl (C=O) groups is 1. The number of benzene rings is 2. The molecule has 0 fully saturated rings. The molecule has 3 aromatic rings. The summed E-state index contributed by atoms with van der Waals surface area (Å²) < 4.78 is 50.5. The van der Waals surface area contributed by atoms with Crippen LogP contribution in [-0.2, 0) is 12.8 Å². The molecule has 2 aromatic carbocycles. The van der Waals surface area contributed by atoms with Gasteiger partial charge in [-0.05, 0) is 54.8 Å². The van der Waals surface area contributed by atoms with Gasteiger partial charge in [-0.1, -0.05) is 24.3 Å². The number of methoxy groups -OCH3 is 1. The lowest BCUT2D eigenvalue weighted by Gasteiger charge is -2.39. The summed E-state index contributed by atoms with van der Waals surface area (Å²) in [5, 5.41) is 0. The van der Waals surface area contributed by atoms with Crippen molar-refractivity contribution in [3.05, 3.63) is 103 Å². The predicted octanol–water partition coefficient (Wildman–Crippen LogP) is 7.40. The molecule has 0 atom stereocenters. The molecule has 0 saturated heterocycles. The standard InChI is InChI=1S/C27H26FN3O2.C2H3F3/c1-4-6-10-19-17-20(28)13-14-23(19)30-18-31(27(32)21-11-7-8-12-24(21)30)25-15-16-26(33-3)29-22(25)9-5-2;1-2(3,4)5/h4-5,7-8,11-17H,1-2,6,9-10,18H2,3H3;1H3. The molecule has 1 aliphatic rings. The highest BCUT2D eigenvalue weighted by molar-refractivity contribution is 6.12. The Labute approximate surface area is 219 Å². The molecular weight excluding hydrogens is 498 g/mol. The second-order valence-corrected chi connectivity index (χ2v) is 8.51. The zero-order valence-corrected chi connectivity index (χ0v) is 21.3. The summed E-state index contributed by atoms with van der Waals surface area (Å²) in [7, 11) is 1.56. The Morgan fingerprint density at radius 2 is 1.68 bits per heavy atom. The van der Waals surface area contributed by atoms with Crippen LogP contribution in [0.1, 0.15) is 35.0 Å². The molecule has 1 amide bonds. The van der Waals surface area contributed by atoms with E-state index in [2.05, 4.69) is 23.0 Å². The molecule has 9 heteroatoms. The van der Waals surface area contributed by atoms with Gasteiger partial charge in [-0.3, -0.25) is 9.69 Å². The van der Waals surface area contributed by atoms with Crippen molar-refractivity contribution in [2.75, 3.05) is 23.6 Å². The van der Waals surface area contributed by atoms with Gasteiger partial charge >= 0.3 is 6.18 Å². The minimum absolute atomic E-state index is 0.117. The summed E-state index contributed by atoms with van der Waals surface area (Å²) in [5.74, 6) is 0.0695. The largest absolute Gasteiger partial charge is 0.481 e. The lowest BCUT2D eigenvalue weighted by atomic mass is 10.0. The normalized spacial score (nSPS) is 12.8. The van der Waals surface area contributed by atoms with E-state index in [4.69, 9.17) is 4.74 Å². The van der Waals surface area contributed by atoms with Crippen LogP contribution in [0.4, 0.5) is 34.6 Å². The number of aromatic nitrogens is 1. The first-order valence-corrected chi connectivity index (χ1v) is 11.9. The second kappa shape index (κ2) is 12.4. The van der Waals surface area contributed by atoms with Gasteiger partial charge in [0.15, 0.2) is 0 Å². The number of rotatable bonds is 8. The number of allylic oxidation sites excluding steroid dienone is 2. The van der Waals surface area contributed by atoms with Gasteiger partial charge in [-0.15, -0.1) is 13.2 Å². The highest BCUT2D eigenvalue weighted by Crippen LogP contribution is 2.38. The van der Waals surface area contributed by atoms with E-state index in [9.17, 15) is 22.4 Å². The summed E-state index contributed by atoms with van der Waals surface area (Å²) in [4.78, 5) is 21.9. The first-order chi connectivity index (χ1) is 18.1. The molecule has 1 aliphatic heterocycles. The molecule has 0 bridgehead atoms. The Hall–Kier alpha value is -4.14. The monoisotopic (exact) mass is 527 g/mol. The molecule has 200 valence electrons. The lowest BCUT2D eigenvalue weighted by Crippen LogP contribution is -2.45. The highest BCUT2D eigenvalue weighted by Gasteiger charge is 2.33. The number of hydrogen-bond acceptors (Lipinski definition) is 4. The molecular formula is C29H29F4N3O2.